The summed E-state index contributed by atoms with van der Waals surface area (Å²) in [6.45, 7) is 4.93. The second-order valence-electron chi connectivity index (χ2n) is 8.87. The molecule has 4 rings (SSSR count). The third-order valence-electron chi connectivity index (χ3n) is 5.94. The van der Waals surface area contributed by atoms with E-state index in [-0.39, 0.29) is 12.5 Å². The standard InChI is InChI=1S/C29H30N2O4S/c1-21-8-15-28(22(2)18-21)35-17-16-30-29(32)25-11-9-23(10-12-25)20-31(36(3,33)34)27-14-13-24-6-4-5-7-26(24)19-27/h4-15,18-19H,16-17,20H2,1-3H3,(H,30,32). The number of rotatable bonds is 9. The number of ether oxygens (including phenoxy) is 1. The van der Waals surface area contributed by atoms with E-state index in [1.165, 1.54) is 16.1 Å². The quantitative estimate of drug-likeness (QED) is 0.318. The molecule has 4 aromatic carbocycles. The van der Waals surface area contributed by atoms with Crippen LogP contribution < -0.4 is 14.4 Å². The number of hydrogen-bond acceptors (Lipinski definition) is 4. The number of nitrogens with one attached hydrogen (secondary N) is 1. The first-order valence-corrected chi connectivity index (χ1v) is 13.6. The molecule has 0 spiro atoms. The number of anilines is 1. The minimum Gasteiger partial charge on any atom is -0.491 e. The Bertz CT molecular complexity index is 1480. The fourth-order valence-corrected chi connectivity index (χ4v) is 4.93. The molecule has 186 valence electrons. The Labute approximate surface area is 212 Å². The van der Waals surface area contributed by atoms with Gasteiger partial charge in [-0.15, -0.1) is 0 Å². The van der Waals surface area contributed by atoms with Gasteiger partial charge in [0.05, 0.1) is 25.0 Å². The highest BCUT2D eigenvalue weighted by Crippen LogP contribution is 2.26. The van der Waals surface area contributed by atoms with Gasteiger partial charge in [0.15, 0.2) is 0 Å². The van der Waals surface area contributed by atoms with Crippen LogP contribution in [-0.2, 0) is 16.6 Å². The fourth-order valence-electron chi connectivity index (χ4n) is 4.05. The van der Waals surface area contributed by atoms with Gasteiger partial charge in [-0.05, 0) is 66.1 Å². The molecule has 0 bridgehead atoms. The minimum absolute atomic E-state index is 0.169. The average Bonchev–Trinajstić information content (AvgIpc) is 2.85. The zero-order chi connectivity index (χ0) is 25.7. The first-order valence-electron chi connectivity index (χ1n) is 11.7. The Hall–Kier alpha value is -3.84. The first kappa shape index (κ1) is 25.3. The third kappa shape index (κ3) is 6.23. The molecule has 0 unspecified atom stereocenters. The van der Waals surface area contributed by atoms with Gasteiger partial charge in [-0.1, -0.05) is 60.2 Å². The summed E-state index contributed by atoms with van der Waals surface area (Å²) < 4.78 is 32.3. The molecule has 0 heterocycles. The molecule has 0 aliphatic rings. The van der Waals surface area contributed by atoms with Gasteiger partial charge in [0.1, 0.15) is 12.4 Å². The lowest BCUT2D eigenvalue weighted by molar-refractivity contribution is 0.0947. The lowest BCUT2D eigenvalue weighted by Crippen LogP contribution is -2.29. The third-order valence-corrected chi connectivity index (χ3v) is 7.08. The van der Waals surface area contributed by atoms with Gasteiger partial charge in [-0.3, -0.25) is 9.10 Å². The molecule has 0 aliphatic heterocycles. The van der Waals surface area contributed by atoms with Crippen LogP contribution in [0.4, 0.5) is 5.69 Å². The van der Waals surface area contributed by atoms with Gasteiger partial charge in [-0.25, -0.2) is 8.42 Å². The van der Waals surface area contributed by atoms with Crippen molar-refractivity contribution in [3.05, 3.63) is 107 Å². The molecular formula is C29H30N2O4S. The number of hydrogen-bond donors (Lipinski definition) is 1. The zero-order valence-corrected chi connectivity index (χ0v) is 21.5. The highest BCUT2D eigenvalue weighted by Gasteiger charge is 2.18. The summed E-state index contributed by atoms with van der Waals surface area (Å²) >= 11 is 0. The summed E-state index contributed by atoms with van der Waals surface area (Å²) in [5.74, 6) is 0.598. The van der Waals surface area contributed by atoms with Crippen molar-refractivity contribution in [2.45, 2.75) is 20.4 Å². The number of fused-ring (bicyclic) bond motifs is 1. The van der Waals surface area contributed by atoms with E-state index < -0.39 is 10.0 Å². The molecule has 0 saturated carbocycles. The average molecular weight is 503 g/mol. The fraction of sp³-hybridized carbons (Fsp3) is 0.207. The van der Waals surface area contributed by atoms with Crippen LogP contribution in [0, 0.1) is 13.8 Å². The van der Waals surface area contributed by atoms with E-state index in [9.17, 15) is 13.2 Å². The molecule has 0 fully saturated rings. The highest BCUT2D eigenvalue weighted by molar-refractivity contribution is 7.92. The van der Waals surface area contributed by atoms with E-state index in [4.69, 9.17) is 4.74 Å². The monoisotopic (exact) mass is 502 g/mol. The van der Waals surface area contributed by atoms with Gasteiger partial charge in [0, 0.05) is 5.56 Å². The van der Waals surface area contributed by atoms with Crippen molar-refractivity contribution in [3.63, 3.8) is 0 Å². The maximum absolute atomic E-state index is 12.6. The second kappa shape index (κ2) is 10.8. The molecule has 1 N–H and O–H groups in total. The Morgan fingerprint density at radius 2 is 1.61 bits per heavy atom. The molecule has 4 aromatic rings. The molecule has 0 aliphatic carbocycles. The second-order valence-corrected chi connectivity index (χ2v) is 10.8. The number of sulfonamides is 1. The maximum atomic E-state index is 12.6. The van der Waals surface area contributed by atoms with E-state index in [0.29, 0.717) is 24.4 Å². The van der Waals surface area contributed by atoms with Crippen molar-refractivity contribution < 1.29 is 17.9 Å². The maximum Gasteiger partial charge on any atom is 0.251 e. The first-order chi connectivity index (χ1) is 17.2. The van der Waals surface area contributed by atoms with Crippen LogP contribution in [0.3, 0.4) is 0 Å². The van der Waals surface area contributed by atoms with Crippen molar-refractivity contribution in [1.82, 2.24) is 5.32 Å². The van der Waals surface area contributed by atoms with E-state index in [0.717, 1.165) is 27.6 Å². The predicted octanol–water partition coefficient (Wildman–Crippen LogP) is 5.23. The van der Waals surface area contributed by atoms with Crippen LogP contribution >= 0.6 is 0 Å². The molecule has 0 aromatic heterocycles. The predicted molar refractivity (Wildman–Crippen MR) is 145 cm³/mol. The zero-order valence-electron chi connectivity index (χ0n) is 20.7. The molecule has 0 saturated heterocycles. The Kier molecular flexibility index (Phi) is 7.60. The Morgan fingerprint density at radius 3 is 2.31 bits per heavy atom. The van der Waals surface area contributed by atoms with Gasteiger partial charge >= 0.3 is 0 Å². The molecule has 7 heteroatoms. The summed E-state index contributed by atoms with van der Waals surface area (Å²) in [6.07, 6.45) is 1.20. The van der Waals surface area contributed by atoms with Crippen molar-refractivity contribution in [1.29, 1.82) is 0 Å². The van der Waals surface area contributed by atoms with Gasteiger partial charge < -0.3 is 10.1 Å². The van der Waals surface area contributed by atoms with Crippen LogP contribution in [0.5, 0.6) is 5.75 Å². The Morgan fingerprint density at radius 1 is 0.889 bits per heavy atom. The summed E-state index contributed by atoms with van der Waals surface area (Å²) in [5, 5.41) is 4.87. The lowest BCUT2D eigenvalue weighted by Gasteiger charge is -2.23. The van der Waals surface area contributed by atoms with Crippen LogP contribution in [0.1, 0.15) is 27.0 Å². The number of carbonyl (C=O) groups excluding carboxylic acids is 1. The van der Waals surface area contributed by atoms with Gasteiger partial charge in [0.2, 0.25) is 10.0 Å². The number of benzene rings is 4. The summed E-state index contributed by atoms with van der Waals surface area (Å²) in [5.41, 5.74) is 4.12. The molecule has 6 nitrogen and oxygen atoms in total. The van der Waals surface area contributed by atoms with Crippen molar-refractivity contribution in [2.24, 2.45) is 0 Å². The molecule has 0 atom stereocenters. The topological polar surface area (TPSA) is 75.7 Å². The number of nitrogens with zero attached hydrogens (tertiary/aromatic N) is 1. The normalized spacial score (nSPS) is 11.3. The van der Waals surface area contributed by atoms with Crippen molar-refractivity contribution in [3.8, 4) is 5.75 Å². The highest BCUT2D eigenvalue weighted by atomic mass is 32.2. The Balaban J connectivity index is 1.38. The van der Waals surface area contributed by atoms with Crippen LogP contribution in [0.2, 0.25) is 0 Å². The van der Waals surface area contributed by atoms with E-state index in [1.54, 1.807) is 24.3 Å². The smallest absolute Gasteiger partial charge is 0.251 e. The SMILES string of the molecule is Cc1ccc(OCCNC(=O)c2ccc(CN(c3ccc4ccccc4c3)S(C)(=O)=O)cc2)c(C)c1. The van der Waals surface area contributed by atoms with Gasteiger partial charge in [-0.2, -0.15) is 0 Å². The van der Waals surface area contributed by atoms with E-state index in [2.05, 4.69) is 11.4 Å². The number of carbonyl (C=O) groups is 1. The summed E-state index contributed by atoms with van der Waals surface area (Å²) in [6, 6.07) is 26.4. The van der Waals surface area contributed by atoms with Crippen LogP contribution in [0.25, 0.3) is 10.8 Å². The van der Waals surface area contributed by atoms with Crippen molar-refractivity contribution >= 4 is 32.4 Å². The molecule has 0 radical (unpaired) electrons. The van der Waals surface area contributed by atoms with E-state index in [1.807, 2.05) is 68.4 Å². The largest absolute Gasteiger partial charge is 0.491 e. The molecule has 1 amide bonds. The number of aryl methyl sites for hydroxylation is 2. The minimum atomic E-state index is -3.51. The summed E-state index contributed by atoms with van der Waals surface area (Å²) in [7, 11) is -3.51. The van der Waals surface area contributed by atoms with Crippen LogP contribution in [-0.4, -0.2) is 33.7 Å². The lowest BCUT2D eigenvalue weighted by atomic mass is 10.1. The molecular weight excluding hydrogens is 472 g/mol. The van der Waals surface area contributed by atoms with Gasteiger partial charge in [0.25, 0.3) is 5.91 Å². The number of amides is 1. The van der Waals surface area contributed by atoms with Crippen molar-refractivity contribution in [2.75, 3.05) is 23.7 Å². The van der Waals surface area contributed by atoms with Crippen LogP contribution in [0.15, 0.2) is 84.9 Å². The van der Waals surface area contributed by atoms with E-state index >= 15 is 0 Å². The molecule has 36 heavy (non-hydrogen) atoms. The summed E-state index contributed by atoms with van der Waals surface area (Å²) in [4.78, 5) is 12.5.